The van der Waals surface area contributed by atoms with Gasteiger partial charge in [-0.1, -0.05) is 6.92 Å². The second-order valence-corrected chi connectivity index (χ2v) is 4.97. The Morgan fingerprint density at radius 1 is 1.62 bits per heavy atom. The molecule has 5 nitrogen and oxygen atoms in total. The van der Waals surface area contributed by atoms with E-state index in [-0.39, 0.29) is 6.04 Å². The van der Waals surface area contributed by atoms with Crippen LogP contribution >= 0.6 is 0 Å². The molecule has 0 aliphatic carbocycles. The van der Waals surface area contributed by atoms with Crippen LogP contribution in [0.5, 0.6) is 0 Å². The van der Waals surface area contributed by atoms with E-state index in [4.69, 9.17) is 0 Å². The van der Waals surface area contributed by atoms with Crippen LogP contribution in [-0.2, 0) is 10.2 Å². The number of nitrogens with one attached hydrogen (secondary N) is 2. The van der Waals surface area contributed by atoms with Crippen molar-refractivity contribution in [1.29, 1.82) is 0 Å². The number of hydrogen-bond acceptors (Lipinski definition) is 3. The highest BCUT2D eigenvalue weighted by Crippen LogP contribution is 2.03. The van der Waals surface area contributed by atoms with Crippen LogP contribution in [0.25, 0.3) is 0 Å². The molecule has 1 saturated heterocycles. The Morgan fingerprint density at radius 3 is 2.85 bits per heavy atom. The van der Waals surface area contributed by atoms with Gasteiger partial charge < -0.3 is 5.32 Å². The maximum Gasteiger partial charge on any atom is 0.279 e. The van der Waals surface area contributed by atoms with Crippen LogP contribution in [0.2, 0.25) is 0 Å². The molecule has 6 heteroatoms. The zero-order valence-corrected chi connectivity index (χ0v) is 8.89. The lowest BCUT2D eigenvalue weighted by Gasteiger charge is -2.30. The van der Waals surface area contributed by atoms with Crippen molar-refractivity contribution < 1.29 is 8.42 Å². The number of nitrogens with zero attached hydrogens (tertiary/aromatic N) is 1. The van der Waals surface area contributed by atoms with E-state index < -0.39 is 10.2 Å². The predicted molar refractivity (Wildman–Crippen MR) is 51.6 cm³/mol. The molecule has 1 aliphatic heterocycles. The summed E-state index contributed by atoms with van der Waals surface area (Å²) in [5, 5.41) is 3.19. The third-order valence-electron chi connectivity index (χ3n) is 2.00. The Kier molecular flexibility index (Phi) is 3.66. The molecule has 0 aromatic rings. The second kappa shape index (κ2) is 4.36. The first kappa shape index (κ1) is 10.9. The van der Waals surface area contributed by atoms with E-state index in [2.05, 4.69) is 10.0 Å². The summed E-state index contributed by atoms with van der Waals surface area (Å²) in [4.78, 5) is 0. The van der Waals surface area contributed by atoms with E-state index >= 15 is 0 Å². The van der Waals surface area contributed by atoms with Gasteiger partial charge >= 0.3 is 0 Å². The largest absolute Gasteiger partial charge is 0.312 e. The normalized spacial score (nSPS) is 26.2. The summed E-state index contributed by atoms with van der Waals surface area (Å²) in [5.41, 5.74) is 0. The van der Waals surface area contributed by atoms with Gasteiger partial charge in [0.2, 0.25) is 0 Å². The lowest BCUT2D eigenvalue weighted by atomic mass is 10.3. The topological polar surface area (TPSA) is 61.4 Å². The maximum atomic E-state index is 11.5. The summed E-state index contributed by atoms with van der Waals surface area (Å²) in [7, 11) is -3.22. The van der Waals surface area contributed by atoms with Crippen molar-refractivity contribution in [3.63, 3.8) is 0 Å². The van der Waals surface area contributed by atoms with E-state index in [1.165, 1.54) is 4.31 Å². The fraction of sp³-hybridized carbons (Fsp3) is 1.00. The van der Waals surface area contributed by atoms with E-state index in [1.54, 1.807) is 6.92 Å². The van der Waals surface area contributed by atoms with E-state index in [1.807, 2.05) is 6.92 Å². The van der Waals surface area contributed by atoms with Gasteiger partial charge in [-0.05, 0) is 6.92 Å². The molecule has 0 aromatic carbocycles. The van der Waals surface area contributed by atoms with Crippen LogP contribution in [0.4, 0.5) is 0 Å². The van der Waals surface area contributed by atoms with Crippen molar-refractivity contribution in [2.24, 2.45) is 0 Å². The van der Waals surface area contributed by atoms with Crippen LogP contribution in [0, 0.1) is 0 Å². The fourth-order valence-electron chi connectivity index (χ4n) is 1.39. The monoisotopic (exact) mass is 207 g/mol. The zero-order chi connectivity index (χ0) is 9.90. The number of hydrogen-bond donors (Lipinski definition) is 2. The minimum absolute atomic E-state index is 0.238. The molecule has 1 atom stereocenters. The van der Waals surface area contributed by atoms with Crippen molar-refractivity contribution >= 4 is 10.2 Å². The highest BCUT2D eigenvalue weighted by molar-refractivity contribution is 7.87. The lowest BCUT2D eigenvalue weighted by molar-refractivity contribution is 0.307. The molecule has 0 spiro atoms. The highest BCUT2D eigenvalue weighted by Gasteiger charge is 2.25. The summed E-state index contributed by atoms with van der Waals surface area (Å²) in [5.74, 6) is 0. The third-order valence-corrected chi connectivity index (χ3v) is 3.66. The van der Waals surface area contributed by atoms with E-state index in [0.29, 0.717) is 19.6 Å². The first-order chi connectivity index (χ1) is 6.06. The van der Waals surface area contributed by atoms with Crippen LogP contribution in [0.1, 0.15) is 13.8 Å². The number of rotatable bonds is 3. The average Bonchev–Trinajstić information content (AvgIpc) is 2.04. The van der Waals surface area contributed by atoms with Crippen molar-refractivity contribution in [3.8, 4) is 0 Å². The van der Waals surface area contributed by atoms with Crippen LogP contribution < -0.4 is 10.0 Å². The Balaban J connectivity index is 2.60. The van der Waals surface area contributed by atoms with E-state index in [0.717, 1.165) is 6.54 Å². The smallest absolute Gasteiger partial charge is 0.279 e. The molecule has 78 valence electrons. The fourth-order valence-corrected chi connectivity index (χ4v) is 2.69. The number of piperazine rings is 1. The summed E-state index contributed by atoms with van der Waals surface area (Å²) < 4.78 is 27.0. The Bertz CT molecular complexity index is 252. The molecule has 1 aliphatic rings. The molecule has 13 heavy (non-hydrogen) atoms. The van der Waals surface area contributed by atoms with Gasteiger partial charge in [-0.2, -0.15) is 12.7 Å². The zero-order valence-electron chi connectivity index (χ0n) is 8.08. The molecule has 0 unspecified atom stereocenters. The predicted octanol–water partition coefficient (Wildman–Crippen LogP) is -0.866. The molecule has 0 aromatic heterocycles. The Hall–Kier alpha value is -0.170. The standard InChI is InChI=1S/C7H17N3O2S/c1-3-9-13(11,12)10-5-4-8-7(2)6-10/h7-9H,3-6H2,1-2H3/t7-/m1/s1. The maximum absolute atomic E-state index is 11.5. The van der Waals surface area contributed by atoms with Crippen LogP contribution in [-0.4, -0.2) is 44.9 Å². The van der Waals surface area contributed by atoms with E-state index in [9.17, 15) is 8.42 Å². The van der Waals surface area contributed by atoms with Crippen LogP contribution in [0.3, 0.4) is 0 Å². The summed E-state index contributed by atoms with van der Waals surface area (Å²) in [6, 6.07) is 0.238. The molecule has 1 heterocycles. The second-order valence-electron chi connectivity index (χ2n) is 3.22. The summed E-state index contributed by atoms with van der Waals surface area (Å²) in [6.45, 7) is 6.04. The van der Waals surface area contributed by atoms with Gasteiger partial charge in [0, 0.05) is 32.2 Å². The SMILES string of the molecule is CCNS(=O)(=O)N1CCN[C@H](C)C1. The van der Waals surface area contributed by atoms with Gasteiger partial charge in [-0.25, -0.2) is 4.72 Å². The molecule has 1 rings (SSSR count). The van der Waals surface area contributed by atoms with Gasteiger partial charge in [-0.15, -0.1) is 0 Å². The van der Waals surface area contributed by atoms with Crippen molar-refractivity contribution in [2.45, 2.75) is 19.9 Å². The quantitative estimate of drug-likeness (QED) is 0.633. The highest BCUT2D eigenvalue weighted by atomic mass is 32.2. The molecular formula is C7H17N3O2S. The van der Waals surface area contributed by atoms with Crippen molar-refractivity contribution in [3.05, 3.63) is 0 Å². The van der Waals surface area contributed by atoms with Gasteiger partial charge in [-0.3, -0.25) is 0 Å². The Morgan fingerprint density at radius 2 is 2.31 bits per heavy atom. The summed E-state index contributed by atoms with van der Waals surface area (Å²) >= 11 is 0. The molecule has 0 amide bonds. The minimum Gasteiger partial charge on any atom is -0.312 e. The molecule has 2 N–H and O–H groups in total. The first-order valence-corrected chi connectivity index (χ1v) is 5.98. The molecule has 0 radical (unpaired) electrons. The van der Waals surface area contributed by atoms with Crippen molar-refractivity contribution in [1.82, 2.24) is 14.3 Å². The van der Waals surface area contributed by atoms with Gasteiger partial charge in [0.25, 0.3) is 10.2 Å². The molecular weight excluding hydrogens is 190 g/mol. The molecule has 0 bridgehead atoms. The first-order valence-electron chi connectivity index (χ1n) is 4.54. The average molecular weight is 207 g/mol. The van der Waals surface area contributed by atoms with Gasteiger partial charge in [0.1, 0.15) is 0 Å². The van der Waals surface area contributed by atoms with Gasteiger partial charge in [0.15, 0.2) is 0 Å². The minimum atomic E-state index is -3.22. The summed E-state index contributed by atoms with van der Waals surface area (Å²) in [6.07, 6.45) is 0. The third kappa shape index (κ3) is 2.91. The molecule has 0 saturated carbocycles. The van der Waals surface area contributed by atoms with Crippen LogP contribution in [0.15, 0.2) is 0 Å². The molecule has 1 fully saturated rings. The van der Waals surface area contributed by atoms with Crippen molar-refractivity contribution in [2.75, 3.05) is 26.2 Å². The van der Waals surface area contributed by atoms with Gasteiger partial charge in [0.05, 0.1) is 0 Å². The Labute approximate surface area is 79.7 Å². The lowest BCUT2D eigenvalue weighted by Crippen LogP contribution is -2.54.